The number of hydrogen-bond acceptors (Lipinski definition) is 3. The van der Waals surface area contributed by atoms with Crippen LogP contribution < -0.4 is 4.74 Å². The Hall–Kier alpha value is -2.91. The number of ether oxygens (including phenoxy) is 2. The lowest BCUT2D eigenvalue weighted by molar-refractivity contribution is 0.0848. The molecule has 132 valence electrons. The second-order valence-electron chi connectivity index (χ2n) is 6.01. The Morgan fingerprint density at radius 1 is 0.692 bits per heavy atom. The van der Waals surface area contributed by atoms with Gasteiger partial charge in [-0.1, -0.05) is 60.7 Å². The first-order valence-electron chi connectivity index (χ1n) is 8.73. The van der Waals surface area contributed by atoms with E-state index in [9.17, 15) is 4.79 Å². The van der Waals surface area contributed by atoms with Crippen LogP contribution in [0.1, 0.15) is 27.9 Å². The minimum Gasteiger partial charge on any atom is -0.489 e. The molecule has 3 aromatic carbocycles. The summed E-state index contributed by atoms with van der Waals surface area (Å²) in [6, 6.07) is 27.2. The molecule has 0 N–H and O–H groups in total. The van der Waals surface area contributed by atoms with Gasteiger partial charge in [0.05, 0.1) is 13.2 Å². The summed E-state index contributed by atoms with van der Waals surface area (Å²) < 4.78 is 11.3. The van der Waals surface area contributed by atoms with Gasteiger partial charge in [0.25, 0.3) is 0 Å². The van der Waals surface area contributed by atoms with Crippen LogP contribution in [0.3, 0.4) is 0 Å². The lowest BCUT2D eigenvalue weighted by Gasteiger charge is -2.07. The lowest BCUT2D eigenvalue weighted by Crippen LogP contribution is -2.05. The lowest BCUT2D eigenvalue weighted by atomic mass is 10.1. The van der Waals surface area contributed by atoms with E-state index in [1.165, 1.54) is 0 Å². The fraction of sp³-hybridized carbons (Fsp3) is 0.174. The monoisotopic (exact) mass is 346 g/mol. The van der Waals surface area contributed by atoms with Crippen molar-refractivity contribution in [3.63, 3.8) is 0 Å². The zero-order valence-corrected chi connectivity index (χ0v) is 14.6. The standard InChI is InChI=1S/C23H22O3/c24-23(15-16-25-17-19-7-3-1-4-8-19)21-11-13-22(14-12-21)26-18-20-9-5-2-6-10-20/h1-14H,15-18H2. The number of hydrogen-bond donors (Lipinski definition) is 0. The van der Waals surface area contributed by atoms with E-state index in [1.807, 2.05) is 72.8 Å². The second kappa shape index (κ2) is 9.54. The van der Waals surface area contributed by atoms with Crippen LogP contribution >= 0.6 is 0 Å². The third-order valence-electron chi connectivity index (χ3n) is 4.01. The molecule has 0 radical (unpaired) electrons. The number of carbonyl (C=O) groups is 1. The SMILES string of the molecule is O=C(CCOCc1ccccc1)c1ccc(OCc2ccccc2)cc1. The number of ketones is 1. The van der Waals surface area contributed by atoms with Crippen molar-refractivity contribution >= 4 is 5.78 Å². The molecule has 0 spiro atoms. The average Bonchev–Trinajstić information content (AvgIpc) is 2.71. The molecule has 3 nitrogen and oxygen atoms in total. The normalized spacial score (nSPS) is 10.5. The number of rotatable bonds is 9. The minimum absolute atomic E-state index is 0.0765. The Morgan fingerprint density at radius 3 is 1.88 bits per heavy atom. The molecule has 0 fully saturated rings. The van der Waals surface area contributed by atoms with Crippen LogP contribution in [-0.4, -0.2) is 12.4 Å². The molecule has 0 aromatic heterocycles. The zero-order chi connectivity index (χ0) is 18.0. The molecule has 3 aromatic rings. The van der Waals surface area contributed by atoms with E-state index in [0.29, 0.717) is 31.8 Å². The fourth-order valence-corrected chi connectivity index (χ4v) is 2.55. The molecule has 0 atom stereocenters. The molecule has 3 rings (SSSR count). The fourth-order valence-electron chi connectivity index (χ4n) is 2.55. The number of Topliss-reactive ketones (excluding diaryl/α,β-unsaturated/α-hetero) is 1. The van der Waals surface area contributed by atoms with Crippen LogP contribution in [0.5, 0.6) is 5.75 Å². The predicted octanol–water partition coefficient (Wildman–Crippen LogP) is 5.06. The summed E-state index contributed by atoms with van der Waals surface area (Å²) in [7, 11) is 0. The maximum Gasteiger partial charge on any atom is 0.165 e. The molecule has 0 unspecified atom stereocenters. The highest BCUT2D eigenvalue weighted by Crippen LogP contribution is 2.15. The summed E-state index contributed by atoms with van der Waals surface area (Å²) in [5.74, 6) is 0.832. The van der Waals surface area contributed by atoms with Gasteiger partial charge >= 0.3 is 0 Å². The first kappa shape index (κ1) is 17.9. The van der Waals surface area contributed by atoms with Crippen LogP contribution in [0.25, 0.3) is 0 Å². The van der Waals surface area contributed by atoms with E-state index in [-0.39, 0.29) is 5.78 Å². The summed E-state index contributed by atoms with van der Waals surface area (Å²) in [5, 5.41) is 0. The Morgan fingerprint density at radius 2 is 1.27 bits per heavy atom. The Balaban J connectivity index is 1.41. The highest BCUT2D eigenvalue weighted by atomic mass is 16.5. The van der Waals surface area contributed by atoms with Gasteiger partial charge in [-0.15, -0.1) is 0 Å². The van der Waals surface area contributed by atoms with Gasteiger partial charge < -0.3 is 9.47 Å². The van der Waals surface area contributed by atoms with Crippen molar-refractivity contribution in [2.24, 2.45) is 0 Å². The molecular formula is C23H22O3. The number of carbonyl (C=O) groups excluding carboxylic acids is 1. The van der Waals surface area contributed by atoms with Gasteiger partial charge in [0.2, 0.25) is 0 Å². The van der Waals surface area contributed by atoms with Crippen LogP contribution in [0.2, 0.25) is 0 Å². The average molecular weight is 346 g/mol. The third-order valence-corrected chi connectivity index (χ3v) is 4.01. The maximum atomic E-state index is 12.2. The summed E-state index contributed by atoms with van der Waals surface area (Å²) in [4.78, 5) is 12.2. The highest BCUT2D eigenvalue weighted by molar-refractivity contribution is 5.96. The van der Waals surface area contributed by atoms with Crippen molar-refractivity contribution in [2.45, 2.75) is 19.6 Å². The Bertz CT molecular complexity index is 796. The highest BCUT2D eigenvalue weighted by Gasteiger charge is 2.06. The van der Waals surface area contributed by atoms with E-state index in [1.54, 1.807) is 12.1 Å². The van der Waals surface area contributed by atoms with Crippen molar-refractivity contribution < 1.29 is 14.3 Å². The van der Waals surface area contributed by atoms with Gasteiger partial charge in [-0.2, -0.15) is 0 Å². The molecule has 0 saturated carbocycles. The van der Waals surface area contributed by atoms with Gasteiger partial charge in [0, 0.05) is 12.0 Å². The summed E-state index contributed by atoms with van der Waals surface area (Å²) in [5.41, 5.74) is 2.91. The Kier molecular flexibility index (Phi) is 6.57. The van der Waals surface area contributed by atoms with Gasteiger partial charge in [0.1, 0.15) is 12.4 Å². The van der Waals surface area contributed by atoms with Crippen molar-refractivity contribution in [1.29, 1.82) is 0 Å². The van der Waals surface area contributed by atoms with E-state index in [0.717, 1.165) is 16.9 Å². The van der Waals surface area contributed by atoms with E-state index in [4.69, 9.17) is 9.47 Å². The largest absolute Gasteiger partial charge is 0.489 e. The molecule has 0 saturated heterocycles. The summed E-state index contributed by atoms with van der Waals surface area (Å²) >= 11 is 0. The van der Waals surface area contributed by atoms with Crippen LogP contribution in [0, 0.1) is 0 Å². The third kappa shape index (κ3) is 5.57. The van der Waals surface area contributed by atoms with Crippen LogP contribution in [0.4, 0.5) is 0 Å². The molecule has 26 heavy (non-hydrogen) atoms. The minimum atomic E-state index is 0.0765. The van der Waals surface area contributed by atoms with Crippen molar-refractivity contribution in [3.05, 3.63) is 102 Å². The quantitative estimate of drug-likeness (QED) is 0.401. The van der Waals surface area contributed by atoms with Crippen molar-refractivity contribution in [2.75, 3.05) is 6.61 Å². The van der Waals surface area contributed by atoms with Gasteiger partial charge in [0.15, 0.2) is 5.78 Å². The maximum absolute atomic E-state index is 12.2. The Labute approximate surface area is 154 Å². The second-order valence-corrected chi connectivity index (χ2v) is 6.01. The van der Waals surface area contributed by atoms with Gasteiger partial charge in [-0.3, -0.25) is 4.79 Å². The van der Waals surface area contributed by atoms with Gasteiger partial charge in [-0.05, 0) is 35.4 Å². The molecule has 0 aliphatic rings. The zero-order valence-electron chi connectivity index (χ0n) is 14.6. The van der Waals surface area contributed by atoms with Crippen molar-refractivity contribution in [1.82, 2.24) is 0 Å². The first-order chi connectivity index (χ1) is 12.8. The van der Waals surface area contributed by atoms with E-state index in [2.05, 4.69) is 0 Å². The summed E-state index contributed by atoms with van der Waals surface area (Å²) in [6.45, 7) is 1.46. The first-order valence-corrected chi connectivity index (χ1v) is 8.73. The van der Waals surface area contributed by atoms with E-state index < -0.39 is 0 Å². The molecular weight excluding hydrogens is 324 g/mol. The summed E-state index contributed by atoms with van der Waals surface area (Å²) in [6.07, 6.45) is 0.372. The smallest absolute Gasteiger partial charge is 0.165 e. The molecule has 0 aliphatic carbocycles. The van der Waals surface area contributed by atoms with Crippen LogP contribution in [-0.2, 0) is 18.0 Å². The molecule has 0 amide bonds. The molecule has 0 aliphatic heterocycles. The van der Waals surface area contributed by atoms with Crippen LogP contribution in [0.15, 0.2) is 84.9 Å². The topological polar surface area (TPSA) is 35.5 Å². The van der Waals surface area contributed by atoms with Gasteiger partial charge in [-0.25, -0.2) is 0 Å². The van der Waals surface area contributed by atoms with Crippen molar-refractivity contribution in [3.8, 4) is 5.75 Å². The predicted molar refractivity (Wildman–Crippen MR) is 102 cm³/mol. The number of benzene rings is 3. The van der Waals surface area contributed by atoms with E-state index >= 15 is 0 Å². The molecule has 3 heteroatoms. The molecule has 0 bridgehead atoms. The molecule has 0 heterocycles.